The van der Waals surface area contributed by atoms with E-state index in [1.165, 1.54) is 4.90 Å². The van der Waals surface area contributed by atoms with Crippen LogP contribution in [0.4, 0.5) is 11.6 Å². The normalized spacial score (nSPS) is 10.6. The lowest BCUT2D eigenvalue weighted by molar-refractivity contribution is 0.356. The van der Waals surface area contributed by atoms with Gasteiger partial charge in [0.05, 0.1) is 19.7 Å². The van der Waals surface area contributed by atoms with Gasteiger partial charge in [0, 0.05) is 28.2 Å². The summed E-state index contributed by atoms with van der Waals surface area (Å²) < 4.78 is 10.6. The van der Waals surface area contributed by atoms with E-state index < -0.39 is 0 Å². The van der Waals surface area contributed by atoms with Crippen LogP contribution < -0.4 is 14.8 Å². The molecule has 5 nitrogen and oxygen atoms in total. The number of rotatable bonds is 5. The molecule has 0 unspecified atom stereocenters. The molecule has 0 saturated carbocycles. The average Bonchev–Trinajstić information content (AvgIpc) is 2.60. The highest BCUT2D eigenvalue weighted by atomic mass is 32.2. The second kappa shape index (κ2) is 6.75. The molecule has 3 aromatic rings. The van der Waals surface area contributed by atoms with Crippen LogP contribution in [0.1, 0.15) is 0 Å². The van der Waals surface area contributed by atoms with Crippen molar-refractivity contribution in [3.63, 3.8) is 0 Å². The van der Waals surface area contributed by atoms with Crippen molar-refractivity contribution in [1.29, 1.82) is 0 Å². The molecule has 0 amide bonds. The standard InChI is InChI=1S/C17H17N3O2S/c1-21-15-7-11-10-18-17(20-14(11)9-16(15)22-2)19-12-5-4-6-13(8-12)23-3/h4-10H,1-3H3,(H,18,19,20). The van der Waals surface area contributed by atoms with Gasteiger partial charge in [-0.2, -0.15) is 0 Å². The molecule has 3 rings (SSSR count). The van der Waals surface area contributed by atoms with Crippen LogP contribution in [0.5, 0.6) is 11.5 Å². The second-order valence-electron chi connectivity index (χ2n) is 4.82. The van der Waals surface area contributed by atoms with E-state index in [0.717, 1.165) is 16.6 Å². The first-order chi connectivity index (χ1) is 11.2. The largest absolute Gasteiger partial charge is 0.493 e. The summed E-state index contributed by atoms with van der Waals surface area (Å²) in [6.07, 6.45) is 3.82. The van der Waals surface area contributed by atoms with Crippen molar-refractivity contribution in [1.82, 2.24) is 9.97 Å². The Bertz CT molecular complexity index is 839. The summed E-state index contributed by atoms with van der Waals surface area (Å²) in [6, 6.07) is 11.8. The summed E-state index contributed by atoms with van der Waals surface area (Å²) in [6.45, 7) is 0. The predicted octanol–water partition coefficient (Wildman–Crippen LogP) is 4.11. The number of hydrogen-bond donors (Lipinski definition) is 1. The van der Waals surface area contributed by atoms with Gasteiger partial charge in [-0.25, -0.2) is 9.97 Å². The molecule has 0 spiro atoms. The molecule has 6 heteroatoms. The fourth-order valence-electron chi connectivity index (χ4n) is 2.25. The minimum absolute atomic E-state index is 0.544. The fourth-order valence-corrected chi connectivity index (χ4v) is 2.71. The minimum atomic E-state index is 0.544. The predicted molar refractivity (Wildman–Crippen MR) is 94.1 cm³/mol. The van der Waals surface area contributed by atoms with Gasteiger partial charge in [-0.3, -0.25) is 0 Å². The van der Waals surface area contributed by atoms with Crippen LogP contribution in [0.2, 0.25) is 0 Å². The Labute approximate surface area is 139 Å². The molecule has 2 aromatic carbocycles. The summed E-state index contributed by atoms with van der Waals surface area (Å²) in [5, 5.41) is 4.12. The van der Waals surface area contributed by atoms with Crippen LogP contribution in [-0.2, 0) is 0 Å². The Morgan fingerprint density at radius 1 is 1.04 bits per heavy atom. The van der Waals surface area contributed by atoms with E-state index in [2.05, 4.69) is 27.4 Å². The highest BCUT2D eigenvalue weighted by molar-refractivity contribution is 7.98. The number of hydrogen-bond acceptors (Lipinski definition) is 6. The van der Waals surface area contributed by atoms with Gasteiger partial charge in [-0.1, -0.05) is 6.07 Å². The monoisotopic (exact) mass is 327 g/mol. The van der Waals surface area contributed by atoms with Gasteiger partial charge in [0.15, 0.2) is 11.5 Å². The number of nitrogens with zero attached hydrogens (tertiary/aromatic N) is 2. The number of benzene rings is 2. The number of fused-ring (bicyclic) bond motifs is 1. The van der Waals surface area contributed by atoms with Crippen molar-refractivity contribution in [2.45, 2.75) is 4.90 Å². The van der Waals surface area contributed by atoms with Gasteiger partial charge < -0.3 is 14.8 Å². The van der Waals surface area contributed by atoms with Crippen LogP contribution in [-0.4, -0.2) is 30.4 Å². The minimum Gasteiger partial charge on any atom is -0.493 e. The molecule has 0 aliphatic rings. The third-order valence-electron chi connectivity index (χ3n) is 3.41. The first-order valence-electron chi connectivity index (χ1n) is 7.03. The first-order valence-corrected chi connectivity index (χ1v) is 8.26. The quantitative estimate of drug-likeness (QED) is 0.712. The van der Waals surface area contributed by atoms with Gasteiger partial charge in [-0.05, 0) is 30.5 Å². The summed E-state index contributed by atoms with van der Waals surface area (Å²) in [5.41, 5.74) is 1.75. The van der Waals surface area contributed by atoms with Gasteiger partial charge in [-0.15, -0.1) is 11.8 Å². The second-order valence-corrected chi connectivity index (χ2v) is 5.70. The number of methoxy groups -OCH3 is 2. The van der Waals surface area contributed by atoms with E-state index in [1.54, 1.807) is 32.2 Å². The topological polar surface area (TPSA) is 56.3 Å². The van der Waals surface area contributed by atoms with Crippen LogP contribution in [0.25, 0.3) is 10.9 Å². The van der Waals surface area contributed by atoms with E-state index in [1.807, 2.05) is 30.5 Å². The number of thioether (sulfide) groups is 1. The molecular weight excluding hydrogens is 310 g/mol. The summed E-state index contributed by atoms with van der Waals surface area (Å²) in [7, 11) is 3.22. The van der Waals surface area contributed by atoms with Crippen molar-refractivity contribution in [3.8, 4) is 11.5 Å². The van der Waals surface area contributed by atoms with E-state index >= 15 is 0 Å². The van der Waals surface area contributed by atoms with Crippen molar-refractivity contribution in [2.24, 2.45) is 0 Å². The van der Waals surface area contributed by atoms with Crippen molar-refractivity contribution in [2.75, 3.05) is 25.8 Å². The Balaban J connectivity index is 1.95. The Morgan fingerprint density at radius 3 is 2.57 bits per heavy atom. The summed E-state index contributed by atoms with van der Waals surface area (Å²) in [5.74, 6) is 1.86. The van der Waals surface area contributed by atoms with Crippen molar-refractivity contribution < 1.29 is 9.47 Å². The van der Waals surface area contributed by atoms with E-state index in [4.69, 9.17) is 9.47 Å². The van der Waals surface area contributed by atoms with Crippen LogP contribution in [0, 0.1) is 0 Å². The van der Waals surface area contributed by atoms with Gasteiger partial charge >= 0.3 is 0 Å². The molecule has 118 valence electrons. The van der Waals surface area contributed by atoms with Crippen molar-refractivity contribution >= 4 is 34.3 Å². The van der Waals surface area contributed by atoms with E-state index in [-0.39, 0.29) is 0 Å². The molecule has 0 aliphatic heterocycles. The lowest BCUT2D eigenvalue weighted by atomic mass is 10.2. The third-order valence-corrected chi connectivity index (χ3v) is 4.14. The SMILES string of the molecule is COc1cc2cnc(Nc3cccc(SC)c3)nc2cc1OC. The van der Waals surface area contributed by atoms with Gasteiger partial charge in [0.2, 0.25) is 5.95 Å². The Morgan fingerprint density at radius 2 is 1.83 bits per heavy atom. The molecule has 1 aromatic heterocycles. The maximum Gasteiger partial charge on any atom is 0.227 e. The third kappa shape index (κ3) is 3.32. The number of aromatic nitrogens is 2. The molecule has 1 heterocycles. The fraction of sp³-hybridized carbons (Fsp3) is 0.176. The number of nitrogens with one attached hydrogen (secondary N) is 1. The molecule has 0 bridgehead atoms. The van der Waals surface area contributed by atoms with Crippen molar-refractivity contribution in [3.05, 3.63) is 42.6 Å². The summed E-state index contributed by atoms with van der Waals surface area (Å²) in [4.78, 5) is 10.1. The molecule has 1 N–H and O–H groups in total. The lowest BCUT2D eigenvalue weighted by Crippen LogP contribution is -1.98. The first kappa shape index (κ1) is 15.4. The zero-order valence-electron chi connectivity index (χ0n) is 13.2. The molecule has 0 aliphatic carbocycles. The van der Waals surface area contributed by atoms with Crippen LogP contribution in [0.3, 0.4) is 0 Å². The zero-order chi connectivity index (χ0) is 16.2. The molecule has 0 fully saturated rings. The Hall–Kier alpha value is -2.47. The van der Waals surface area contributed by atoms with E-state index in [0.29, 0.717) is 17.4 Å². The zero-order valence-corrected chi connectivity index (χ0v) is 14.0. The lowest BCUT2D eigenvalue weighted by Gasteiger charge is -2.10. The van der Waals surface area contributed by atoms with E-state index in [9.17, 15) is 0 Å². The Kier molecular flexibility index (Phi) is 4.52. The smallest absolute Gasteiger partial charge is 0.227 e. The maximum absolute atomic E-state index is 5.32. The van der Waals surface area contributed by atoms with Crippen LogP contribution >= 0.6 is 11.8 Å². The van der Waals surface area contributed by atoms with Gasteiger partial charge in [0.25, 0.3) is 0 Å². The molecule has 0 atom stereocenters. The summed E-state index contributed by atoms with van der Waals surface area (Å²) >= 11 is 1.69. The number of anilines is 2. The molecule has 0 radical (unpaired) electrons. The molecule has 0 saturated heterocycles. The molecular formula is C17H17N3O2S. The van der Waals surface area contributed by atoms with Crippen LogP contribution in [0.15, 0.2) is 47.5 Å². The van der Waals surface area contributed by atoms with Gasteiger partial charge in [0.1, 0.15) is 0 Å². The average molecular weight is 327 g/mol. The highest BCUT2D eigenvalue weighted by Gasteiger charge is 2.08. The molecule has 23 heavy (non-hydrogen) atoms. The highest BCUT2D eigenvalue weighted by Crippen LogP contribution is 2.31. The number of ether oxygens (including phenoxy) is 2. The maximum atomic E-state index is 5.32.